The second kappa shape index (κ2) is 11.3. The van der Waals surface area contributed by atoms with Gasteiger partial charge in [0, 0.05) is 40.3 Å². The third-order valence-electron chi connectivity index (χ3n) is 8.15. The van der Waals surface area contributed by atoms with Crippen molar-refractivity contribution in [1.82, 2.24) is 4.98 Å². The van der Waals surface area contributed by atoms with Crippen LogP contribution in [0, 0.1) is 0 Å². The predicted molar refractivity (Wildman–Crippen MR) is 182 cm³/mol. The van der Waals surface area contributed by atoms with Crippen LogP contribution in [0.15, 0.2) is 54.6 Å². The van der Waals surface area contributed by atoms with Crippen LogP contribution >= 0.6 is 0 Å². The quantitative estimate of drug-likeness (QED) is 0.238. The van der Waals surface area contributed by atoms with Crippen LogP contribution in [-0.2, 0) is 26.4 Å². The Morgan fingerprint density at radius 3 is 1.72 bits per heavy atom. The minimum Gasteiger partial charge on any atom is -0.507 e. The van der Waals surface area contributed by atoms with E-state index in [1.54, 1.807) is 7.11 Å². The maximum atomic E-state index is 11.7. The molecule has 1 heterocycles. The summed E-state index contributed by atoms with van der Waals surface area (Å²) in [7, 11) is 1.64. The van der Waals surface area contributed by atoms with Gasteiger partial charge >= 0.3 is 0 Å². The van der Waals surface area contributed by atoms with Crippen molar-refractivity contribution in [2.24, 2.45) is 0 Å². The Balaban J connectivity index is 2.09. The Morgan fingerprint density at radius 1 is 0.628 bits per heavy atom. The Bertz CT molecular complexity index is 1640. The zero-order valence-corrected chi connectivity index (χ0v) is 28.6. The highest BCUT2D eigenvalue weighted by Gasteiger charge is 2.29. The van der Waals surface area contributed by atoms with Gasteiger partial charge in [-0.2, -0.15) is 0 Å². The molecule has 1 N–H and O–H groups in total. The molecule has 4 aromatic rings. The number of benzene rings is 3. The van der Waals surface area contributed by atoms with Crippen LogP contribution in [0.3, 0.4) is 0 Å². The third-order valence-corrected chi connectivity index (χ3v) is 8.15. The minimum absolute atomic E-state index is 0.0704. The summed E-state index contributed by atoms with van der Waals surface area (Å²) >= 11 is 0. The van der Waals surface area contributed by atoms with Gasteiger partial charge in [-0.05, 0) is 51.0 Å². The molecule has 4 heteroatoms. The SMILES string of the molecule is COCOc1c(-c2ccc3cccc(-c4cc(C(C)(C)C)cc(C(C)(C)C)c4O)c3n2)cc(C(C)(C)C)cc1C(C)(C)C. The van der Waals surface area contributed by atoms with Crippen LogP contribution in [-0.4, -0.2) is 24.0 Å². The number of phenols is 1. The van der Waals surface area contributed by atoms with Gasteiger partial charge < -0.3 is 14.6 Å². The molecule has 230 valence electrons. The van der Waals surface area contributed by atoms with Gasteiger partial charge in [0.1, 0.15) is 11.5 Å². The van der Waals surface area contributed by atoms with Crippen LogP contribution < -0.4 is 4.74 Å². The highest BCUT2D eigenvalue weighted by molar-refractivity contribution is 5.97. The van der Waals surface area contributed by atoms with E-state index in [1.165, 1.54) is 11.1 Å². The normalized spacial score (nSPS) is 13.0. The molecule has 0 aliphatic carbocycles. The van der Waals surface area contributed by atoms with E-state index in [2.05, 4.69) is 132 Å². The van der Waals surface area contributed by atoms with Gasteiger partial charge in [-0.25, -0.2) is 4.98 Å². The fourth-order valence-electron chi connectivity index (χ4n) is 5.44. The lowest BCUT2D eigenvalue weighted by molar-refractivity contribution is 0.0502. The molecular weight excluding hydrogens is 530 g/mol. The molecule has 0 spiro atoms. The van der Waals surface area contributed by atoms with Crippen molar-refractivity contribution < 1.29 is 14.6 Å². The first-order valence-electron chi connectivity index (χ1n) is 15.3. The number of hydrogen-bond donors (Lipinski definition) is 1. The van der Waals surface area contributed by atoms with Crippen molar-refractivity contribution >= 4 is 10.9 Å². The van der Waals surface area contributed by atoms with Gasteiger partial charge in [-0.1, -0.05) is 119 Å². The molecule has 0 saturated heterocycles. The van der Waals surface area contributed by atoms with E-state index >= 15 is 0 Å². The minimum atomic E-state index is -0.229. The van der Waals surface area contributed by atoms with Crippen molar-refractivity contribution in [1.29, 1.82) is 0 Å². The Hall–Kier alpha value is -3.37. The fraction of sp³-hybridized carbons (Fsp3) is 0.462. The highest BCUT2D eigenvalue weighted by Crippen LogP contribution is 2.46. The first-order chi connectivity index (χ1) is 19.7. The number of aromatic hydroxyl groups is 1. The third kappa shape index (κ3) is 6.75. The van der Waals surface area contributed by atoms with Crippen molar-refractivity contribution in [2.45, 2.75) is 105 Å². The predicted octanol–water partition coefficient (Wildman–Crippen LogP) is 10.4. The number of methoxy groups -OCH3 is 1. The molecule has 0 aliphatic rings. The first-order valence-corrected chi connectivity index (χ1v) is 15.3. The molecule has 0 aliphatic heterocycles. The number of phenolic OH excluding ortho intramolecular Hbond substituents is 1. The van der Waals surface area contributed by atoms with Crippen molar-refractivity contribution in [3.63, 3.8) is 0 Å². The largest absolute Gasteiger partial charge is 0.507 e. The number of nitrogens with zero attached hydrogens (tertiary/aromatic N) is 1. The van der Waals surface area contributed by atoms with Crippen LogP contribution in [0.1, 0.15) is 105 Å². The maximum Gasteiger partial charge on any atom is 0.188 e. The number of fused-ring (bicyclic) bond motifs is 1. The fourth-order valence-corrected chi connectivity index (χ4v) is 5.44. The molecule has 4 rings (SSSR count). The molecule has 0 unspecified atom stereocenters. The van der Waals surface area contributed by atoms with E-state index in [-0.39, 0.29) is 28.5 Å². The summed E-state index contributed by atoms with van der Waals surface area (Å²) in [5.74, 6) is 1.10. The van der Waals surface area contributed by atoms with E-state index in [9.17, 15) is 5.11 Å². The number of para-hydroxylation sites is 1. The topological polar surface area (TPSA) is 51.6 Å². The van der Waals surface area contributed by atoms with Crippen molar-refractivity contribution in [3.8, 4) is 33.9 Å². The van der Waals surface area contributed by atoms with Crippen LogP contribution in [0.2, 0.25) is 0 Å². The standard InChI is InChI=1S/C39H51NO3/c1-36(2,3)25-19-28(34(41)30(21-25)38(7,8)9)27-16-14-15-24-17-18-32(40-33(24)27)29-20-26(37(4,5)6)22-31(39(10,11)12)35(29)43-23-42-13/h14-22,41H,23H2,1-13H3. The molecule has 0 radical (unpaired) electrons. The summed E-state index contributed by atoms with van der Waals surface area (Å²) in [5.41, 5.74) is 8.24. The smallest absolute Gasteiger partial charge is 0.188 e. The molecule has 0 saturated carbocycles. The second-order valence-corrected chi connectivity index (χ2v) is 15.9. The summed E-state index contributed by atoms with van der Waals surface area (Å²) in [6.45, 7) is 26.6. The second-order valence-electron chi connectivity index (χ2n) is 15.9. The number of ether oxygens (including phenoxy) is 2. The first kappa shape index (κ1) is 32.5. The lowest BCUT2D eigenvalue weighted by Crippen LogP contribution is -2.19. The zero-order chi connectivity index (χ0) is 32.1. The Morgan fingerprint density at radius 2 is 1.19 bits per heavy atom. The molecule has 0 atom stereocenters. The number of rotatable bonds is 5. The summed E-state index contributed by atoms with van der Waals surface area (Å²) in [5, 5.41) is 12.8. The van der Waals surface area contributed by atoms with Gasteiger partial charge in [0.15, 0.2) is 6.79 Å². The van der Waals surface area contributed by atoms with E-state index in [4.69, 9.17) is 14.5 Å². The summed E-state index contributed by atoms with van der Waals surface area (Å²) in [4.78, 5) is 5.33. The lowest BCUT2D eigenvalue weighted by Gasteiger charge is -2.29. The Kier molecular flexibility index (Phi) is 8.54. The molecule has 43 heavy (non-hydrogen) atoms. The lowest BCUT2D eigenvalue weighted by atomic mass is 9.78. The van der Waals surface area contributed by atoms with Crippen LogP contribution in [0.5, 0.6) is 11.5 Å². The summed E-state index contributed by atoms with van der Waals surface area (Å²) in [6.07, 6.45) is 0. The van der Waals surface area contributed by atoms with Gasteiger partial charge in [0.2, 0.25) is 0 Å². The maximum absolute atomic E-state index is 11.7. The molecule has 3 aromatic carbocycles. The van der Waals surface area contributed by atoms with Crippen molar-refractivity contribution in [3.05, 3.63) is 76.9 Å². The molecule has 1 aromatic heterocycles. The van der Waals surface area contributed by atoms with E-state index in [0.717, 1.165) is 50.2 Å². The van der Waals surface area contributed by atoms with E-state index < -0.39 is 0 Å². The zero-order valence-electron chi connectivity index (χ0n) is 28.6. The number of pyridine rings is 1. The van der Waals surface area contributed by atoms with Crippen LogP contribution in [0.25, 0.3) is 33.3 Å². The Labute approximate surface area is 259 Å². The van der Waals surface area contributed by atoms with E-state index in [1.807, 2.05) is 6.07 Å². The molecule has 0 amide bonds. The van der Waals surface area contributed by atoms with E-state index in [0.29, 0.717) is 5.75 Å². The van der Waals surface area contributed by atoms with Gasteiger partial charge in [0.25, 0.3) is 0 Å². The van der Waals surface area contributed by atoms with Gasteiger partial charge in [-0.3, -0.25) is 0 Å². The van der Waals surface area contributed by atoms with Crippen LogP contribution in [0.4, 0.5) is 0 Å². The highest BCUT2D eigenvalue weighted by atomic mass is 16.7. The molecule has 0 bridgehead atoms. The van der Waals surface area contributed by atoms with Gasteiger partial charge in [0.05, 0.1) is 11.2 Å². The summed E-state index contributed by atoms with van der Waals surface area (Å²) < 4.78 is 11.7. The monoisotopic (exact) mass is 581 g/mol. The average molecular weight is 582 g/mol. The molecule has 0 fully saturated rings. The molecular formula is C39H51NO3. The average Bonchev–Trinajstić information content (AvgIpc) is 2.88. The molecule has 4 nitrogen and oxygen atoms in total. The number of hydrogen-bond acceptors (Lipinski definition) is 4. The summed E-state index contributed by atoms with van der Waals surface area (Å²) in [6, 6.07) is 19.2. The number of aromatic nitrogens is 1. The van der Waals surface area contributed by atoms with Crippen molar-refractivity contribution in [2.75, 3.05) is 13.9 Å². The van der Waals surface area contributed by atoms with Gasteiger partial charge in [-0.15, -0.1) is 0 Å².